The fourth-order valence-electron chi connectivity index (χ4n) is 2.13. The maximum Gasteiger partial charge on any atom is 0.247 e. The summed E-state index contributed by atoms with van der Waals surface area (Å²) in [7, 11) is -2.14. The summed E-state index contributed by atoms with van der Waals surface area (Å²) in [6, 6.07) is 4.64. The Morgan fingerprint density at radius 1 is 1.40 bits per heavy atom. The molecule has 1 heterocycles. The summed E-state index contributed by atoms with van der Waals surface area (Å²) in [5.74, 6) is 0.267. The number of hydrogen-bond acceptors (Lipinski definition) is 4. The van der Waals surface area contributed by atoms with Crippen LogP contribution in [0.4, 0.5) is 0 Å². The number of rotatable bonds is 4. The zero-order valence-electron chi connectivity index (χ0n) is 11.7. The van der Waals surface area contributed by atoms with Crippen molar-refractivity contribution in [3.05, 3.63) is 35.4 Å². The van der Waals surface area contributed by atoms with Gasteiger partial charge in [-0.3, -0.25) is 0 Å². The van der Waals surface area contributed by atoms with Gasteiger partial charge < -0.3 is 9.84 Å². The molecule has 2 rings (SSSR count). The number of methoxy groups -OCH3 is 1. The normalized spacial score (nSPS) is 16.9. The first kappa shape index (κ1) is 15.0. The van der Waals surface area contributed by atoms with E-state index >= 15 is 0 Å². The molecule has 0 saturated heterocycles. The Morgan fingerprint density at radius 3 is 2.70 bits per heavy atom. The highest BCUT2D eigenvalue weighted by molar-refractivity contribution is 7.89. The van der Waals surface area contributed by atoms with Crippen molar-refractivity contribution in [1.29, 1.82) is 0 Å². The van der Waals surface area contributed by atoms with Gasteiger partial charge in [-0.25, -0.2) is 8.42 Å². The lowest BCUT2D eigenvalue weighted by molar-refractivity contribution is 0.280. The van der Waals surface area contributed by atoms with Crippen molar-refractivity contribution in [1.82, 2.24) is 4.31 Å². The Bertz CT molecular complexity index is 622. The summed E-state index contributed by atoms with van der Waals surface area (Å²) < 4.78 is 31.8. The molecule has 1 aliphatic rings. The third-order valence-corrected chi connectivity index (χ3v) is 5.33. The number of hydrogen-bond donors (Lipinski definition) is 1. The molecule has 0 atom stereocenters. The van der Waals surface area contributed by atoms with Gasteiger partial charge >= 0.3 is 0 Å². The summed E-state index contributed by atoms with van der Waals surface area (Å²) in [6.45, 7) is 2.72. The Morgan fingerprint density at radius 2 is 2.15 bits per heavy atom. The van der Waals surface area contributed by atoms with Crippen LogP contribution in [0.25, 0.3) is 0 Å². The maximum absolute atomic E-state index is 12.6. The van der Waals surface area contributed by atoms with Gasteiger partial charge in [-0.2, -0.15) is 4.31 Å². The molecule has 0 radical (unpaired) electrons. The Balaban J connectivity index is 2.39. The lowest BCUT2D eigenvalue weighted by atomic mass is 10.1. The molecule has 0 amide bonds. The predicted molar refractivity (Wildman–Crippen MR) is 76.0 cm³/mol. The second kappa shape index (κ2) is 5.95. The van der Waals surface area contributed by atoms with Crippen molar-refractivity contribution < 1.29 is 18.3 Å². The van der Waals surface area contributed by atoms with E-state index in [1.54, 1.807) is 12.1 Å². The van der Waals surface area contributed by atoms with Gasteiger partial charge in [-0.05, 0) is 31.0 Å². The minimum Gasteiger partial charge on any atom is -0.495 e. The molecule has 20 heavy (non-hydrogen) atoms. The van der Waals surface area contributed by atoms with Gasteiger partial charge in [0.05, 0.1) is 13.7 Å². The summed E-state index contributed by atoms with van der Waals surface area (Å²) in [5, 5.41) is 9.11. The summed E-state index contributed by atoms with van der Waals surface area (Å²) in [5.41, 5.74) is 1.83. The lowest BCUT2D eigenvalue weighted by Crippen LogP contribution is -2.34. The Hall–Kier alpha value is -1.37. The lowest BCUT2D eigenvalue weighted by Gasteiger charge is -2.25. The highest BCUT2D eigenvalue weighted by Gasteiger charge is 2.28. The number of aliphatic hydroxyl groups excluding tert-OH is 1. The van der Waals surface area contributed by atoms with Gasteiger partial charge in [-0.15, -0.1) is 0 Å². The van der Waals surface area contributed by atoms with E-state index in [0.717, 1.165) is 6.42 Å². The Labute approximate surface area is 119 Å². The molecule has 1 aliphatic heterocycles. The average molecular weight is 297 g/mol. The maximum atomic E-state index is 12.6. The molecule has 1 N–H and O–H groups in total. The molecule has 0 saturated carbocycles. The fraction of sp³-hybridized carbons (Fsp3) is 0.429. The van der Waals surface area contributed by atoms with Crippen LogP contribution in [-0.4, -0.2) is 38.0 Å². The summed E-state index contributed by atoms with van der Waals surface area (Å²) in [4.78, 5) is 0.144. The number of aliphatic hydroxyl groups is 1. The van der Waals surface area contributed by atoms with Crippen LogP contribution in [0.15, 0.2) is 34.7 Å². The second-order valence-corrected chi connectivity index (χ2v) is 6.71. The van der Waals surface area contributed by atoms with Crippen LogP contribution in [-0.2, 0) is 16.6 Å². The molecule has 110 valence electrons. The molecule has 0 bridgehead atoms. The predicted octanol–water partition coefficient (Wildman–Crippen LogP) is 1.53. The van der Waals surface area contributed by atoms with Crippen LogP contribution < -0.4 is 4.74 Å². The first-order valence-corrected chi connectivity index (χ1v) is 7.86. The molecule has 1 aromatic carbocycles. The first-order valence-electron chi connectivity index (χ1n) is 6.42. The zero-order chi connectivity index (χ0) is 14.8. The minimum absolute atomic E-state index is 0.144. The monoisotopic (exact) mass is 297 g/mol. The first-order chi connectivity index (χ1) is 9.48. The van der Waals surface area contributed by atoms with Crippen LogP contribution in [0.5, 0.6) is 5.75 Å². The molecule has 0 fully saturated rings. The molecule has 1 aromatic rings. The summed E-state index contributed by atoms with van der Waals surface area (Å²) >= 11 is 0. The number of nitrogens with zero attached hydrogens (tertiary/aromatic N) is 1. The quantitative estimate of drug-likeness (QED) is 0.856. The summed E-state index contributed by atoms with van der Waals surface area (Å²) in [6.07, 6.45) is 2.67. The van der Waals surface area contributed by atoms with E-state index in [4.69, 9.17) is 9.84 Å². The van der Waals surface area contributed by atoms with E-state index in [1.807, 2.05) is 13.0 Å². The second-order valence-electron chi connectivity index (χ2n) is 4.81. The zero-order valence-corrected chi connectivity index (χ0v) is 12.5. The highest BCUT2D eigenvalue weighted by atomic mass is 32.2. The van der Waals surface area contributed by atoms with Crippen molar-refractivity contribution >= 4 is 10.0 Å². The van der Waals surface area contributed by atoms with Crippen LogP contribution in [0.1, 0.15) is 18.9 Å². The van der Waals surface area contributed by atoms with E-state index in [0.29, 0.717) is 18.7 Å². The van der Waals surface area contributed by atoms with Gasteiger partial charge in [0.2, 0.25) is 10.0 Å². The van der Waals surface area contributed by atoms with Crippen LogP contribution in [0, 0.1) is 0 Å². The smallest absolute Gasteiger partial charge is 0.247 e. The standard InChI is InChI=1S/C14H19NO4S/c1-11-5-7-15(8-6-11)20(17,18)14-4-3-12(10-16)9-13(14)19-2/h3-5,9,16H,6-8,10H2,1-2H3. The number of ether oxygens (including phenoxy) is 1. The Kier molecular flexibility index (Phi) is 4.47. The number of sulfonamides is 1. The van der Waals surface area contributed by atoms with Crippen LogP contribution in [0.3, 0.4) is 0 Å². The number of benzene rings is 1. The van der Waals surface area contributed by atoms with Crippen LogP contribution in [0.2, 0.25) is 0 Å². The molecule has 0 aliphatic carbocycles. The third kappa shape index (κ3) is 2.87. The van der Waals surface area contributed by atoms with Crippen molar-refractivity contribution in [2.24, 2.45) is 0 Å². The van der Waals surface area contributed by atoms with Crippen molar-refractivity contribution in [3.8, 4) is 5.75 Å². The van der Waals surface area contributed by atoms with E-state index in [2.05, 4.69) is 0 Å². The molecule has 6 heteroatoms. The van der Waals surface area contributed by atoms with Crippen molar-refractivity contribution in [2.75, 3.05) is 20.2 Å². The van der Waals surface area contributed by atoms with Crippen molar-refractivity contribution in [2.45, 2.75) is 24.8 Å². The molecule has 5 nitrogen and oxygen atoms in total. The van der Waals surface area contributed by atoms with Crippen LogP contribution >= 0.6 is 0 Å². The molecule has 0 spiro atoms. The van der Waals surface area contributed by atoms with Gasteiger partial charge in [0.25, 0.3) is 0 Å². The van der Waals surface area contributed by atoms with Gasteiger partial charge in [0.15, 0.2) is 0 Å². The van der Waals surface area contributed by atoms with E-state index < -0.39 is 10.0 Å². The SMILES string of the molecule is COc1cc(CO)ccc1S(=O)(=O)N1CC=C(C)CC1. The van der Waals surface area contributed by atoms with E-state index in [1.165, 1.54) is 23.1 Å². The van der Waals surface area contributed by atoms with E-state index in [9.17, 15) is 8.42 Å². The minimum atomic E-state index is -3.57. The molecule has 0 unspecified atom stereocenters. The van der Waals surface area contributed by atoms with Crippen molar-refractivity contribution in [3.63, 3.8) is 0 Å². The molecular weight excluding hydrogens is 278 g/mol. The van der Waals surface area contributed by atoms with Gasteiger partial charge in [0, 0.05) is 13.1 Å². The topological polar surface area (TPSA) is 66.8 Å². The largest absolute Gasteiger partial charge is 0.495 e. The van der Waals surface area contributed by atoms with E-state index in [-0.39, 0.29) is 17.3 Å². The molecule has 0 aromatic heterocycles. The average Bonchev–Trinajstić information content (AvgIpc) is 2.46. The fourth-order valence-corrected chi connectivity index (χ4v) is 3.65. The third-order valence-electron chi connectivity index (χ3n) is 3.43. The van der Waals surface area contributed by atoms with Gasteiger partial charge in [-0.1, -0.05) is 17.7 Å². The highest BCUT2D eigenvalue weighted by Crippen LogP contribution is 2.29. The molecular formula is C14H19NO4S. The van der Waals surface area contributed by atoms with Gasteiger partial charge in [0.1, 0.15) is 10.6 Å².